The van der Waals surface area contributed by atoms with Crippen molar-refractivity contribution in [2.45, 2.75) is 58.2 Å². The Labute approximate surface area is 177 Å². The van der Waals surface area contributed by atoms with Crippen molar-refractivity contribution in [1.29, 1.82) is 0 Å². The Balaban J connectivity index is 1.58. The fraction of sp³-hybridized carbons (Fsp3) is 0.522. The zero-order valence-electron chi connectivity index (χ0n) is 17.8. The average molecular weight is 411 g/mol. The van der Waals surface area contributed by atoms with E-state index >= 15 is 0 Å². The second-order valence-corrected chi connectivity index (χ2v) is 8.92. The second-order valence-electron chi connectivity index (χ2n) is 8.92. The number of hydrogen-bond acceptors (Lipinski definition) is 5. The van der Waals surface area contributed by atoms with Crippen LogP contribution < -0.4 is 5.73 Å². The molecule has 7 nitrogen and oxygen atoms in total. The molecule has 2 aliphatic heterocycles. The minimum Gasteiger partial charge on any atom is -0.365 e. The van der Waals surface area contributed by atoms with Gasteiger partial charge in [-0.3, -0.25) is 9.59 Å². The number of primary amides is 1. The van der Waals surface area contributed by atoms with E-state index in [9.17, 15) is 9.59 Å². The number of carbonyl (C=O) groups excluding carboxylic acids is 2. The molecule has 160 valence electrons. The van der Waals surface area contributed by atoms with E-state index in [0.29, 0.717) is 19.0 Å². The topological polar surface area (TPSA) is 88.2 Å². The fourth-order valence-corrected chi connectivity index (χ4v) is 4.61. The zero-order chi connectivity index (χ0) is 21.5. The van der Waals surface area contributed by atoms with Crippen molar-refractivity contribution in [2.75, 3.05) is 13.1 Å². The third-order valence-corrected chi connectivity index (χ3v) is 6.75. The van der Waals surface area contributed by atoms with Gasteiger partial charge in [-0.25, -0.2) is 0 Å². The van der Waals surface area contributed by atoms with E-state index < -0.39 is 12.1 Å². The van der Waals surface area contributed by atoms with Gasteiger partial charge in [0, 0.05) is 31.0 Å². The molecule has 2 fully saturated rings. The normalized spacial score (nSPS) is 24.8. The van der Waals surface area contributed by atoms with Crippen LogP contribution in [0.4, 0.5) is 0 Å². The van der Waals surface area contributed by atoms with Gasteiger partial charge < -0.3 is 20.4 Å². The number of oxime groups is 1. The zero-order valence-corrected chi connectivity index (χ0v) is 17.8. The number of likely N-dealkylation sites (tertiary alicyclic amines) is 1. The molecule has 30 heavy (non-hydrogen) atoms. The highest BCUT2D eigenvalue weighted by atomic mass is 16.7. The summed E-state index contributed by atoms with van der Waals surface area (Å²) < 4.78 is 0. The molecule has 1 saturated carbocycles. The van der Waals surface area contributed by atoms with Gasteiger partial charge in [0.1, 0.15) is 0 Å². The van der Waals surface area contributed by atoms with Crippen molar-refractivity contribution in [1.82, 2.24) is 9.80 Å². The molecule has 1 aliphatic carbocycles. The lowest BCUT2D eigenvalue weighted by atomic mass is 9.86. The maximum absolute atomic E-state index is 12.1. The molecule has 0 bridgehead atoms. The summed E-state index contributed by atoms with van der Waals surface area (Å²) in [6, 6.07) is 6.28. The van der Waals surface area contributed by atoms with Crippen LogP contribution in [0, 0.1) is 12.3 Å². The molecule has 2 atom stereocenters. The number of hydrogen-bond donors (Lipinski definition) is 1. The largest absolute Gasteiger partial charge is 0.365 e. The van der Waals surface area contributed by atoms with Gasteiger partial charge in [-0.05, 0) is 55.4 Å². The highest BCUT2D eigenvalue weighted by Crippen LogP contribution is 2.49. The Hall–Kier alpha value is -2.83. The number of piperidine rings is 1. The summed E-state index contributed by atoms with van der Waals surface area (Å²) in [5.41, 5.74) is 9.10. The van der Waals surface area contributed by atoms with Crippen LogP contribution in [0.25, 0.3) is 0 Å². The molecule has 1 aromatic carbocycles. The van der Waals surface area contributed by atoms with Crippen LogP contribution in [0.3, 0.4) is 0 Å². The third-order valence-electron chi connectivity index (χ3n) is 6.75. The molecule has 7 heteroatoms. The van der Waals surface area contributed by atoms with Gasteiger partial charge >= 0.3 is 0 Å². The molecular formula is C23H30N4O3. The molecule has 2 N–H and O–H groups in total. The highest BCUT2D eigenvalue weighted by molar-refractivity contribution is 5.95. The SMILES string of the molecule is C=CC(=O)N1CCCC(c2cccc(CN3C(C4(C)CC4)=NOC3C(N)=O)c2C)C1. The predicted molar refractivity (Wildman–Crippen MR) is 114 cm³/mol. The summed E-state index contributed by atoms with van der Waals surface area (Å²) in [6.07, 6.45) is 4.62. The quantitative estimate of drug-likeness (QED) is 0.730. The molecule has 4 rings (SSSR count). The van der Waals surface area contributed by atoms with Gasteiger partial charge in [0.2, 0.25) is 5.91 Å². The third kappa shape index (κ3) is 3.68. The molecule has 3 aliphatic rings. The first-order chi connectivity index (χ1) is 14.3. The number of carbonyl (C=O) groups is 2. The van der Waals surface area contributed by atoms with Crippen molar-refractivity contribution in [2.24, 2.45) is 16.3 Å². The minimum absolute atomic E-state index is 0.00875. The Morgan fingerprint density at radius 2 is 2.17 bits per heavy atom. The summed E-state index contributed by atoms with van der Waals surface area (Å²) in [6.45, 7) is 9.88. The van der Waals surface area contributed by atoms with Crippen LogP contribution in [0.1, 0.15) is 55.2 Å². The summed E-state index contributed by atoms with van der Waals surface area (Å²) in [5, 5.41) is 4.22. The van der Waals surface area contributed by atoms with Gasteiger partial charge in [0.15, 0.2) is 5.84 Å². The summed E-state index contributed by atoms with van der Waals surface area (Å²) in [7, 11) is 0. The average Bonchev–Trinajstić information content (AvgIpc) is 3.33. The Morgan fingerprint density at radius 1 is 1.40 bits per heavy atom. The molecule has 0 radical (unpaired) electrons. The molecule has 1 saturated heterocycles. The van der Waals surface area contributed by atoms with E-state index in [1.54, 1.807) is 0 Å². The maximum Gasteiger partial charge on any atom is 0.282 e. The van der Waals surface area contributed by atoms with Crippen LogP contribution in [0.5, 0.6) is 0 Å². The molecule has 2 amide bonds. The number of amides is 2. The van der Waals surface area contributed by atoms with Crippen molar-refractivity contribution in [3.63, 3.8) is 0 Å². The van der Waals surface area contributed by atoms with Gasteiger partial charge in [0.25, 0.3) is 12.1 Å². The monoisotopic (exact) mass is 410 g/mol. The number of nitrogens with two attached hydrogens (primary N) is 1. The molecular weight excluding hydrogens is 380 g/mol. The Bertz CT molecular complexity index is 906. The number of rotatable bonds is 6. The molecule has 0 spiro atoms. The van der Waals surface area contributed by atoms with Crippen molar-refractivity contribution in [3.05, 3.63) is 47.5 Å². The van der Waals surface area contributed by atoms with Crippen molar-refractivity contribution in [3.8, 4) is 0 Å². The van der Waals surface area contributed by atoms with Crippen LogP contribution in [0.15, 0.2) is 36.0 Å². The van der Waals surface area contributed by atoms with Crippen LogP contribution in [0.2, 0.25) is 0 Å². The number of amidine groups is 1. The smallest absolute Gasteiger partial charge is 0.282 e. The number of nitrogens with zero attached hydrogens (tertiary/aromatic N) is 3. The summed E-state index contributed by atoms with van der Waals surface area (Å²) in [5.74, 6) is 0.568. The minimum atomic E-state index is -0.865. The van der Waals surface area contributed by atoms with Gasteiger partial charge in [-0.1, -0.05) is 36.9 Å². The van der Waals surface area contributed by atoms with Gasteiger partial charge in [0.05, 0.1) is 0 Å². The van der Waals surface area contributed by atoms with Gasteiger partial charge in [-0.15, -0.1) is 0 Å². The Kier molecular flexibility index (Phi) is 5.30. The first-order valence-electron chi connectivity index (χ1n) is 10.6. The summed E-state index contributed by atoms with van der Waals surface area (Å²) in [4.78, 5) is 33.2. The number of benzene rings is 1. The molecule has 2 unspecified atom stereocenters. The Morgan fingerprint density at radius 3 is 2.83 bits per heavy atom. The lowest BCUT2D eigenvalue weighted by molar-refractivity contribution is -0.135. The standard InChI is InChI=1S/C23H30N4O3/c1-4-19(28)26-12-6-8-17(13-26)18-9-5-7-16(15(18)2)14-27-21(20(24)29)30-25-22(27)23(3)10-11-23/h4-5,7,9,17,21H,1,6,8,10-14H2,2-3H3,(H2,24,29). The van der Waals surface area contributed by atoms with E-state index in [1.807, 2.05) is 9.80 Å². The van der Waals surface area contributed by atoms with Gasteiger partial charge in [-0.2, -0.15) is 0 Å². The van der Waals surface area contributed by atoms with Crippen molar-refractivity contribution < 1.29 is 14.4 Å². The maximum atomic E-state index is 12.1. The molecule has 1 aromatic rings. The predicted octanol–water partition coefficient (Wildman–Crippen LogP) is 2.64. The summed E-state index contributed by atoms with van der Waals surface area (Å²) >= 11 is 0. The highest BCUT2D eigenvalue weighted by Gasteiger charge is 2.51. The van der Waals surface area contributed by atoms with E-state index in [-0.39, 0.29) is 11.3 Å². The van der Waals surface area contributed by atoms with Crippen molar-refractivity contribution >= 4 is 17.6 Å². The fourth-order valence-electron chi connectivity index (χ4n) is 4.61. The first-order valence-corrected chi connectivity index (χ1v) is 10.6. The van der Waals surface area contributed by atoms with Crippen LogP contribution in [-0.4, -0.2) is 46.8 Å². The lowest BCUT2D eigenvalue weighted by Gasteiger charge is -2.34. The van der Waals surface area contributed by atoms with Crippen LogP contribution >= 0.6 is 0 Å². The molecule has 0 aromatic heterocycles. The lowest BCUT2D eigenvalue weighted by Crippen LogP contribution is -2.46. The van der Waals surface area contributed by atoms with E-state index in [1.165, 1.54) is 17.2 Å². The first kappa shape index (κ1) is 20.4. The van der Waals surface area contributed by atoms with E-state index in [0.717, 1.165) is 43.6 Å². The second kappa shape index (κ2) is 7.78. The molecule has 2 heterocycles. The van der Waals surface area contributed by atoms with E-state index in [2.05, 4.69) is 43.8 Å². The van der Waals surface area contributed by atoms with E-state index in [4.69, 9.17) is 10.6 Å². The van der Waals surface area contributed by atoms with Crippen LogP contribution in [-0.2, 0) is 21.0 Å².